The zero-order valence-electron chi connectivity index (χ0n) is 11.1. The fourth-order valence-corrected chi connectivity index (χ4v) is 2.85. The summed E-state index contributed by atoms with van der Waals surface area (Å²) in [6, 6.07) is 3.04. The molecule has 1 aliphatic carbocycles. The van der Waals surface area contributed by atoms with Gasteiger partial charge in [-0.25, -0.2) is 8.91 Å². The van der Waals surface area contributed by atoms with Gasteiger partial charge in [-0.2, -0.15) is 4.98 Å². The normalized spacial score (nSPS) is 23.7. The Morgan fingerprint density at radius 1 is 1.37 bits per heavy atom. The van der Waals surface area contributed by atoms with Crippen LogP contribution in [0.5, 0.6) is 0 Å². The maximum Gasteiger partial charge on any atom is 0.243 e. The van der Waals surface area contributed by atoms with Gasteiger partial charge in [-0.3, -0.25) is 0 Å². The largest absolute Gasteiger partial charge is 0.353 e. The van der Waals surface area contributed by atoms with Crippen LogP contribution in [0.4, 0.5) is 10.3 Å². The van der Waals surface area contributed by atoms with E-state index in [4.69, 9.17) is 0 Å². The summed E-state index contributed by atoms with van der Waals surface area (Å²) in [4.78, 5) is 4.34. The monoisotopic (exact) mass is 262 g/mol. The molecular formula is C14H19FN4. The molecule has 3 rings (SSSR count). The molecule has 2 unspecified atom stereocenters. The van der Waals surface area contributed by atoms with Crippen molar-refractivity contribution >= 4 is 11.6 Å². The van der Waals surface area contributed by atoms with E-state index in [-0.39, 0.29) is 5.82 Å². The quantitative estimate of drug-likeness (QED) is 0.924. The van der Waals surface area contributed by atoms with E-state index in [0.717, 1.165) is 12.5 Å². The topological polar surface area (TPSA) is 42.2 Å². The second kappa shape index (κ2) is 5.15. The van der Waals surface area contributed by atoms with E-state index in [1.54, 1.807) is 6.07 Å². The molecule has 4 nitrogen and oxygen atoms in total. The molecule has 0 radical (unpaired) electrons. The second-order valence-electron chi connectivity index (χ2n) is 5.49. The molecule has 0 aromatic carbocycles. The SMILES string of the molecule is CC1CCCCC1CNc1nc2ccc(F)cn2n1. The second-order valence-corrected chi connectivity index (χ2v) is 5.49. The molecule has 2 heterocycles. The highest BCUT2D eigenvalue weighted by atomic mass is 19.1. The van der Waals surface area contributed by atoms with Crippen LogP contribution < -0.4 is 5.32 Å². The molecule has 102 valence electrons. The fourth-order valence-electron chi connectivity index (χ4n) is 2.85. The van der Waals surface area contributed by atoms with Crippen molar-refractivity contribution in [1.29, 1.82) is 0 Å². The van der Waals surface area contributed by atoms with Crippen LogP contribution >= 0.6 is 0 Å². The zero-order chi connectivity index (χ0) is 13.2. The van der Waals surface area contributed by atoms with Crippen molar-refractivity contribution in [2.75, 3.05) is 11.9 Å². The number of nitrogens with one attached hydrogen (secondary N) is 1. The van der Waals surface area contributed by atoms with Crippen LogP contribution in [0, 0.1) is 17.7 Å². The van der Waals surface area contributed by atoms with E-state index in [9.17, 15) is 4.39 Å². The summed E-state index contributed by atoms with van der Waals surface area (Å²) >= 11 is 0. The maximum absolute atomic E-state index is 13.1. The van der Waals surface area contributed by atoms with Crippen LogP contribution in [-0.2, 0) is 0 Å². The van der Waals surface area contributed by atoms with Crippen molar-refractivity contribution in [1.82, 2.24) is 14.6 Å². The van der Waals surface area contributed by atoms with Crippen molar-refractivity contribution < 1.29 is 4.39 Å². The third-order valence-corrected chi connectivity index (χ3v) is 4.11. The number of hydrogen-bond acceptors (Lipinski definition) is 3. The highest BCUT2D eigenvalue weighted by Crippen LogP contribution is 2.29. The highest BCUT2D eigenvalue weighted by Gasteiger charge is 2.21. The number of anilines is 1. The predicted octanol–water partition coefficient (Wildman–Crippen LogP) is 3.11. The molecule has 0 saturated heterocycles. The average molecular weight is 262 g/mol. The van der Waals surface area contributed by atoms with Gasteiger partial charge in [0, 0.05) is 6.54 Å². The first-order valence-electron chi connectivity index (χ1n) is 6.98. The lowest BCUT2D eigenvalue weighted by molar-refractivity contribution is 0.268. The minimum Gasteiger partial charge on any atom is -0.353 e. The Kier molecular flexibility index (Phi) is 3.36. The van der Waals surface area contributed by atoms with Gasteiger partial charge in [-0.15, -0.1) is 5.10 Å². The van der Waals surface area contributed by atoms with Crippen molar-refractivity contribution in [3.05, 3.63) is 24.1 Å². The number of nitrogens with zero attached hydrogens (tertiary/aromatic N) is 3. The Morgan fingerprint density at radius 2 is 2.21 bits per heavy atom. The van der Waals surface area contributed by atoms with Gasteiger partial charge in [0.05, 0.1) is 6.20 Å². The van der Waals surface area contributed by atoms with Crippen molar-refractivity contribution in [2.24, 2.45) is 11.8 Å². The van der Waals surface area contributed by atoms with Gasteiger partial charge in [0.2, 0.25) is 5.95 Å². The number of fused-ring (bicyclic) bond motifs is 1. The summed E-state index contributed by atoms with van der Waals surface area (Å²) < 4.78 is 14.5. The van der Waals surface area contributed by atoms with E-state index in [2.05, 4.69) is 22.3 Å². The number of rotatable bonds is 3. The standard InChI is InChI=1S/C14H19FN4/c1-10-4-2-3-5-11(10)8-16-14-17-13-7-6-12(15)9-19(13)18-14/h6-7,9-11H,2-5,8H2,1H3,(H,16,18). The van der Waals surface area contributed by atoms with Crippen LogP contribution in [0.25, 0.3) is 5.65 Å². The van der Waals surface area contributed by atoms with Crippen LogP contribution in [-0.4, -0.2) is 21.1 Å². The summed E-state index contributed by atoms with van der Waals surface area (Å²) in [7, 11) is 0. The molecule has 0 spiro atoms. The highest BCUT2D eigenvalue weighted by molar-refractivity contribution is 5.43. The molecule has 1 N–H and O–H groups in total. The molecule has 1 aliphatic rings. The minimum atomic E-state index is -0.301. The molecule has 2 aromatic heterocycles. The summed E-state index contributed by atoms with van der Waals surface area (Å²) in [5, 5.41) is 7.53. The Bertz CT molecular complexity index is 566. The van der Waals surface area contributed by atoms with E-state index in [0.29, 0.717) is 17.5 Å². The number of halogens is 1. The molecule has 5 heteroatoms. The van der Waals surface area contributed by atoms with Gasteiger partial charge in [0.25, 0.3) is 0 Å². The van der Waals surface area contributed by atoms with Gasteiger partial charge in [-0.05, 0) is 30.4 Å². The van der Waals surface area contributed by atoms with E-state index in [1.807, 2.05) is 0 Å². The molecular weight excluding hydrogens is 243 g/mol. The van der Waals surface area contributed by atoms with Crippen LogP contribution in [0.2, 0.25) is 0 Å². The first-order valence-corrected chi connectivity index (χ1v) is 6.98. The first kappa shape index (κ1) is 12.4. The van der Waals surface area contributed by atoms with Crippen molar-refractivity contribution in [3.63, 3.8) is 0 Å². The Morgan fingerprint density at radius 3 is 3.05 bits per heavy atom. The Hall–Kier alpha value is -1.65. The lowest BCUT2D eigenvalue weighted by Gasteiger charge is -2.28. The third kappa shape index (κ3) is 2.69. The summed E-state index contributed by atoms with van der Waals surface area (Å²) in [5.74, 6) is 1.74. The van der Waals surface area contributed by atoms with Crippen molar-refractivity contribution in [2.45, 2.75) is 32.6 Å². The predicted molar refractivity (Wildman–Crippen MR) is 72.6 cm³/mol. The smallest absolute Gasteiger partial charge is 0.243 e. The molecule has 2 aromatic rings. The number of pyridine rings is 1. The van der Waals surface area contributed by atoms with Gasteiger partial charge in [0.1, 0.15) is 5.82 Å². The molecule has 19 heavy (non-hydrogen) atoms. The van der Waals surface area contributed by atoms with E-state index in [1.165, 1.54) is 42.5 Å². The molecule has 2 atom stereocenters. The molecule has 0 amide bonds. The zero-order valence-corrected chi connectivity index (χ0v) is 11.1. The van der Waals surface area contributed by atoms with Gasteiger partial charge < -0.3 is 5.32 Å². The van der Waals surface area contributed by atoms with Gasteiger partial charge >= 0.3 is 0 Å². The van der Waals surface area contributed by atoms with E-state index >= 15 is 0 Å². The lowest BCUT2D eigenvalue weighted by atomic mass is 9.80. The van der Waals surface area contributed by atoms with Crippen LogP contribution in [0.1, 0.15) is 32.6 Å². The fraction of sp³-hybridized carbons (Fsp3) is 0.571. The number of hydrogen-bond donors (Lipinski definition) is 1. The van der Waals surface area contributed by atoms with Gasteiger partial charge in [0.15, 0.2) is 5.65 Å². The first-order chi connectivity index (χ1) is 9.22. The third-order valence-electron chi connectivity index (χ3n) is 4.11. The maximum atomic E-state index is 13.1. The molecule has 0 aliphatic heterocycles. The minimum absolute atomic E-state index is 0.301. The number of aromatic nitrogens is 3. The summed E-state index contributed by atoms with van der Waals surface area (Å²) in [5.41, 5.74) is 0.667. The average Bonchev–Trinajstić information content (AvgIpc) is 2.79. The summed E-state index contributed by atoms with van der Waals surface area (Å²) in [6.45, 7) is 3.22. The molecule has 0 bridgehead atoms. The van der Waals surface area contributed by atoms with Crippen molar-refractivity contribution in [3.8, 4) is 0 Å². The van der Waals surface area contributed by atoms with Crippen LogP contribution in [0.15, 0.2) is 18.3 Å². The Balaban J connectivity index is 1.68. The molecule has 1 saturated carbocycles. The lowest BCUT2D eigenvalue weighted by Crippen LogP contribution is -2.24. The summed E-state index contributed by atoms with van der Waals surface area (Å²) in [6.07, 6.45) is 6.60. The van der Waals surface area contributed by atoms with Gasteiger partial charge in [-0.1, -0.05) is 26.2 Å². The molecule has 1 fully saturated rings. The van der Waals surface area contributed by atoms with Crippen LogP contribution in [0.3, 0.4) is 0 Å². The van der Waals surface area contributed by atoms with E-state index < -0.39 is 0 Å². The Labute approximate surface area is 112 Å².